The van der Waals surface area contributed by atoms with Crippen LogP contribution in [0.5, 0.6) is 5.75 Å². The van der Waals surface area contributed by atoms with Crippen LogP contribution in [0.2, 0.25) is 5.02 Å². The van der Waals surface area contributed by atoms with Crippen molar-refractivity contribution < 1.29 is 14.3 Å². The Morgan fingerprint density at radius 1 is 1.15 bits per heavy atom. The highest BCUT2D eigenvalue weighted by molar-refractivity contribution is 6.30. The summed E-state index contributed by atoms with van der Waals surface area (Å²) in [5.74, 6) is 0.326. The second-order valence-corrected chi connectivity index (χ2v) is 8.82. The van der Waals surface area contributed by atoms with Crippen molar-refractivity contribution in [3.8, 4) is 5.75 Å². The van der Waals surface area contributed by atoms with Crippen molar-refractivity contribution in [2.24, 2.45) is 0 Å². The Bertz CT molecular complexity index is 1300. The molecule has 2 aromatic heterocycles. The summed E-state index contributed by atoms with van der Waals surface area (Å²) in [6.07, 6.45) is 7.69. The van der Waals surface area contributed by atoms with Gasteiger partial charge >= 0.3 is 5.97 Å². The van der Waals surface area contributed by atoms with Gasteiger partial charge in [-0.05, 0) is 53.8 Å². The van der Waals surface area contributed by atoms with Gasteiger partial charge in [0, 0.05) is 37.1 Å². The minimum absolute atomic E-state index is 0.138. The van der Waals surface area contributed by atoms with Crippen molar-refractivity contribution in [3.05, 3.63) is 92.6 Å². The molecule has 34 heavy (non-hydrogen) atoms. The Balaban J connectivity index is 1.25. The number of carbonyl (C=O) groups is 1. The van der Waals surface area contributed by atoms with Crippen LogP contribution in [-0.2, 0) is 29.1 Å². The number of allylic oxidation sites excluding steroid dienone is 1. The predicted molar refractivity (Wildman–Crippen MR) is 129 cm³/mol. The number of ether oxygens (including phenoxy) is 2. The molecule has 0 bridgehead atoms. The second kappa shape index (κ2) is 9.83. The first-order valence-electron chi connectivity index (χ1n) is 11.2. The second-order valence-electron chi connectivity index (χ2n) is 8.39. The molecule has 0 amide bonds. The molecule has 7 nitrogen and oxygen atoms in total. The first-order valence-corrected chi connectivity index (χ1v) is 11.6. The highest BCUT2D eigenvalue weighted by Crippen LogP contribution is 2.27. The summed E-state index contributed by atoms with van der Waals surface area (Å²) in [4.78, 5) is 28.6. The fourth-order valence-electron chi connectivity index (χ4n) is 4.19. The number of esters is 1. The number of hydrogen-bond acceptors (Lipinski definition) is 6. The van der Waals surface area contributed by atoms with E-state index in [2.05, 4.69) is 34.6 Å². The van der Waals surface area contributed by atoms with Crippen LogP contribution >= 0.6 is 11.6 Å². The van der Waals surface area contributed by atoms with Gasteiger partial charge in [0.1, 0.15) is 18.4 Å². The number of fused-ring (bicyclic) bond motifs is 1. The molecule has 174 valence electrons. The van der Waals surface area contributed by atoms with Gasteiger partial charge < -0.3 is 14.8 Å². The maximum atomic E-state index is 12.8. The van der Waals surface area contributed by atoms with Crippen molar-refractivity contribution in [2.45, 2.75) is 38.5 Å². The Morgan fingerprint density at radius 2 is 2.06 bits per heavy atom. The minimum atomic E-state index is -0.219. The summed E-state index contributed by atoms with van der Waals surface area (Å²) in [5.41, 5.74) is 5.01. The lowest BCUT2D eigenvalue weighted by Crippen LogP contribution is -2.32. The molecule has 1 aliphatic carbocycles. The largest absolute Gasteiger partial charge is 0.487 e. The van der Waals surface area contributed by atoms with Crippen molar-refractivity contribution in [1.29, 1.82) is 0 Å². The summed E-state index contributed by atoms with van der Waals surface area (Å²) in [5, 5.41) is 3.83. The lowest BCUT2D eigenvalue weighted by molar-refractivity contribution is -0.139. The van der Waals surface area contributed by atoms with E-state index in [0.717, 1.165) is 35.4 Å². The number of cyclic esters (lactones) is 1. The number of rotatable bonds is 7. The van der Waals surface area contributed by atoms with Crippen LogP contribution in [0.25, 0.3) is 11.8 Å². The number of nitrogens with one attached hydrogen (secondary N) is 1. The van der Waals surface area contributed by atoms with Gasteiger partial charge in [0.05, 0.1) is 17.3 Å². The highest BCUT2D eigenvalue weighted by atomic mass is 35.5. The molecule has 0 radical (unpaired) electrons. The number of nitrogens with zero attached hydrogens (tertiary/aromatic N) is 2. The molecule has 8 heteroatoms. The first kappa shape index (κ1) is 22.4. The first-order chi connectivity index (χ1) is 16.5. The lowest BCUT2D eigenvalue weighted by Gasteiger charge is -2.19. The average molecular weight is 478 g/mol. The van der Waals surface area contributed by atoms with Crippen molar-refractivity contribution in [1.82, 2.24) is 14.9 Å². The van der Waals surface area contributed by atoms with E-state index in [1.807, 2.05) is 0 Å². The highest BCUT2D eigenvalue weighted by Gasteiger charge is 2.25. The number of pyridine rings is 2. The molecule has 1 fully saturated rings. The maximum Gasteiger partial charge on any atom is 0.323 e. The smallest absolute Gasteiger partial charge is 0.323 e. The number of carbonyl (C=O) groups excluding carboxylic acids is 1. The standard InChI is InChI=1S/C26H24ClN3O4/c27-20-4-5-21(28-15-20)16-34-23-7-9-30(25(31)13-23)22-6-3-18-11-17(1-2-19(18)12-22)14-29-24-8-10-33-26(24)32/h1-2,4-5,7,9,11-13,15,24,29H,3,6,8,10,14,16H2/t24-/m1/s1. The third kappa shape index (κ3) is 5.05. The van der Waals surface area contributed by atoms with E-state index in [1.165, 1.54) is 11.6 Å². The molecule has 0 saturated carbocycles. The minimum Gasteiger partial charge on any atom is -0.487 e. The van der Waals surface area contributed by atoms with Crippen LogP contribution in [0, 0.1) is 0 Å². The normalized spacial score (nSPS) is 17.1. The molecule has 1 atom stereocenters. The van der Waals surface area contributed by atoms with E-state index in [9.17, 15) is 9.59 Å². The Morgan fingerprint density at radius 3 is 2.82 bits per heavy atom. The van der Waals surface area contributed by atoms with E-state index in [4.69, 9.17) is 21.1 Å². The average Bonchev–Trinajstić information content (AvgIpc) is 3.26. The van der Waals surface area contributed by atoms with E-state index in [0.29, 0.717) is 30.3 Å². The summed E-state index contributed by atoms with van der Waals surface area (Å²) in [6.45, 7) is 1.37. The zero-order valence-corrected chi connectivity index (χ0v) is 19.3. The van der Waals surface area contributed by atoms with E-state index in [-0.39, 0.29) is 24.2 Å². The maximum absolute atomic E-state index is 12.8. The number of benzene rings is 1. The van der Waals surface area contributed by atoms with Gasteiger partial charge in [-0.3, -0.25) is 19.1 Å². The van der Waals surface area contributed by atoms with Crippen molar-refractivity contribution in [2.75, 3.05) is 6.61 Å². The molecular weight excluding hydrogens is 454 g/mol. The zero-order chi connectivity index (χ0) is 23.5. The van der Waals surface area contributed by atoms with Gasteiger partial charge in [-0.15, -0.1) is 0 Å². The number of aryl methyl sites for hydroxylation is 1. The van der Waals surface area contributed by atoms with Crippen LogP contribution in [0.15, 0.2) is 59.7 Å². The Hall–Kier alpha value is -3.42. The molecular formula is C26H24ClN3O4. The van der Waals surface area contributed by atoms with Gasteiger partial charge in [0.25, 0.3) is 5.56 Å². The van der Waals surface area contributed by atoms with Crippen molar-refractivity contribution in [3.63, 3.8) is 0 Å². The topological polar surface area (TPSA) is 82.4 Å². The fourth-order valence-corrected chi connectivity index (χ4v) is 4.30. The number of hydrogen-bond donors (Lipinski definition) is 1. The van der Waals surface area contributed by atoms with E-state index < -0.39 is 0 Å². The Labute approximate surface area is 202 Å². The summed E-state index contributed by atoms with van der Waals surface area (Å²) >= 11 is 5.85. The Kier molecular flexibility index (Phi) is 6.47. The molecule has 0 spiro atoms. The lowest BCUT2D eigenvalue weighted by atomic mass is 9.93. The van der Waals surface area contributed by atoms with Gasteiger partial charge in [0.15, 0.2) is 0 Å². The molecule has 3 aromatic rings. The molecule has 2 aliphatic rings. The van der Waals surface area contributed by atoms with E-state index >= 15 is 0 Å². The molecule has 1 saturated heterocycles. The van der Waals surface area contributed by atoms with Crippen LogP contribution in [-0.4, -0.2) is 28.2 Å². The third-order valence-electron chi connectivity index (χ3n) is 6.04. The van der Waals surface area contributed by atoms with Crippen LogP contribution < -0.4 is 15.6 Å². The SMILES string of the molecule is O=C1OCC[C@H]1NCc1ccc2c(c1)CCC(n1ccc(OCc3ccc(Cl)cn3)cc1=O)=C2. The quantitative estimate of drug-likeness (QED) is 0.521. The molecule has 1 N–H and O–H groups in total. The van der Waals surface area contributed by atoms with Crippen molar-refractivity contribution >= 4 is 29.3 Å². The van der Waals surface area contributed by atoms with Crippen LogP contribution in [0.4, 0.5) is 0 Å². The van der Waals surface area contributed by atoms with Gasteiger partial charge in [-0.1, -0.05) is 29.8 Å². The predicted octanol–water partition coefficient (Wildman–Crippen LogP) is 3.83. The molecule has 0 unspecified atom stereocenters. The van der Waals surface area contributed by atoms with Gasteiger partial charge in [0.2, 0.25) is 0 Å². The van der Waals surface area contributed by atoms with Gasteiger partial charge in [-0.25, -0.2) is 0 Å². The van der Waals surface area contributed by atoms with Crippen LogP contribution in [0.3, 0.4) is 0 Å². The molecule has 3 heterocycles. The summed E-state index contributed by atoms with van der Waals surface area (Å²) in [7, 11) is 0. The fraction of sp³-hybridized carbons (Fsp3) is 0.269. The molecule has 5 rings (SSSR count). The number of aromatic nitrogens is 2. The monoisotopic (exact) mass is 477 g/mol. The zero-order valence-electron chi connectivity index (χ0n) is 18.5. The van der Waals surface area contributed by atoms with E-state index in [1.54, 1.807) is 35.2 Å². The van der Waals surface area contributed by atoms with Crippen LogP contribution in [0.1, 0.15) is 35.2 Å². The molecule has 1 aliphatic heterocycles. The number of halogens is 1. The summed E-state index contributed by atoms with van der Waals surface area (Å²) in [6, 6.07) is 12.9. The third-order valence-corrected chi connectivity index (χ3v) is 6.27. The molecule has 1 aromatic carbocycles. The summed E-state index contributed by atoms with van der Waals surface area (Å²) < 4.78 is 12.4. The van der Waals surface area contributed by atoms with Gasteiger partial charge in [-0.2, -0.15) is 0 Å².